The highest BCUT2D eigenvalue weighted by Gasteiger charge is 2.39. The maximum Gasteiger partial charge on any atom is 0.201 e. The zero-order valence-electron chi connectivity index (χ0n) is 10.2. The van der Waals surface area contributed by atoms with E-state index >= 15 is 0 Å². The van der Waals surface area contributed by atoms with Crippen molar-refractivity contribution in [3.05, 3.63) is 21.5 Å². The minimum absolute atomic E-state index is 0.0536. The summed E-state index contributed by atoms with van der Waals surface area (Å²) < 4.78 is 16.4. The number of imidazole rings is 1. The Labute approximate surface area is 119 Å². The van der Waals surface area contributed by atoms with Crippen LogP contribution in [0, 0.1) is 9.39 Å². The van der Waals surface area contributed by atoms with Gasteiger partial charge >= 0.3 is 0 Å². The number of nitrogens with zero attached hydrogens (tertiary/aromatic N) is 2. The molecule has 0 bridgehead atoms. The number of hydrogen-bond acceptors (Lipinski definition) is 2. The molecular weight excluding hydrogens is 344 g/mol. The Hall–Kier alpha value is -0.850. The van der Waals surface area contributed by atoms with Gasteiger partial charge in [0.25, 0.3) is 0 Å². The van der Waals surface area contributed by atoms with Gasteiger partial charge in [-0.15, -0.1) is 0 Å². The molecule has 0 amide bonds. The van der Waals surface area contributed by atoms with Gasteiger partial charge in [-0.3, -0.25) is 0 Å². The van der Waals surface area contributed by atoms with Crippen molar-refractivity contribution in [2.24, 2.45) is 0 Å². The molecule has 1 aromatic carbocycles. The van der Waals surface area contributed by atoms with Crippen LogP contribution in [0.3, 0.4) is 0 Å². The molecule has 2 aromatic rings. The molecule has 3 nitrogen and oxygen atoms in total. The second-order valence-electron chi connectivity index (χ2n) is 4.99. The molecule has 1 aliphatic carbocycles. The molecule has 1 heterocycles. The molecule has 96 valence electrons. The second kappa shape index (κ2) is 4.08. The Morgan fingerprint density at radius 2 is 2.22 bits per heavy atom. The summed E-state index contributed by atoms with van der Waals surface area (Å²) in [5.74, 6) is 0.308. The minimum Gasteiger partial charge on any atom is -0.369 e. The SMILES string of the molecule is CCC1(n2c(N)nc3cc(I)c(F)cc32)CCC1. The number of fused-ring (bicyclic) bond motifs is 1. The van der Waals surface area contributed by atoms with E-state index in [-0.39, 0.29) is 11.4 Å². The van der Waals surface area contributed by atoms with Gasteiger partial charge in [-0.1, -0.05) is 6.92 Å². The summed E-state index contributed by atoms with van der Waals surface area (Å²) in [7, 11) is 0. The molecule has 0 aliphatic heterocycles. The van der Waals surface area contributed by atoms with Crippen LogP contribution in [0.2, 0.25) is 0 Å². The van der Waals surface area contributed by atoms with E-state index in [1.165, 1.54) is 6.42 Å². The molecule has 5 heteroatoms. The third-order valence-corrected chi connectivity index (χ3v) is 4.97. The molecule has 0 saturated heterocycles. The van der Waals surface area contributed by atoms with Crippen LogP contribution in [0.5, 0.6) is 0 Å². The van der Waals surface area contributed by atoms with E-state index in [1.807, 2.05) is 27.2 Å². The van der Waals surface area contributed by atoms with E-state index in [0.29, 0.717) is 9.52 Å². The van der Waals surface area contributed by atoms with Crippen LogP contribution in [-0.4, -0.2) is 9.55 Å². The molecule has 1 fully saturated rings. The zero-order chi connectivity index (χ0) is 12.9. The topological polar surface area (TPSA) is 43.8 Å². The summed E-state index contributed by atoms with van der Waals surface area (Å²) >= 11 is 1.98. The van der Waals surface area contributed by atoms with E-state index in [2.05, 4.69) is 11.9 Å². The Morgan fingerprint density at radius 3 is 2.78 bits per heavy atom. The average Bonchev–Trinajstić information content (AvgIpc) is 2.57. The van der Waals surface area contributed by atoms with Gasteiger partial charge in [0, 0.05) is 11.6 Å². The van der Waals surface area contributed by atoms with Crippen LogP contribution in [0.4, 0.5) is 10.3 Å². The first-order valence-electron chi connectivity index (χ1n) is 6.21. The quantitative estimate of drug-likeness (QED) is 0.832. The van der Waals surface area contributed by atoms with E-state index < -0.39 is 0 Å². The summed E-state index contributed by atoms with van der Waals surface area (Å²) in [5, 5.41) is 0. The van der Waals surface area contributed by atoms with Crippen LogP contribution in [0.25, 0.3) is 11.0 Å². The predicted molar refractivity (Wildman–Crippen MR) is 78.9 cm³/mol. The van der Waals surface area contributed by atoms with Gasteiger partial charge in [0.1, 0.15) is 5.82 Å². The third-order valence-electron chi connectivity index (χ3n) is 4.14. The summed E-state index contributed by atoms with van der Waals surface area (Å²) in [6, 6.07) is 3.33. The molecular formula is C13H15FIN3. The molecule has 0 atom stereocenters. The van der Waals surface area contributed by atoms with Crippen LogP contribution in [-0.2, 0) is 5.54 Å². The number of halogens is 2. The maximum atomic E-state index is 13.8. The molecule has 1 aromatic heterocycles. The van der Waals surface area contributed by atoms with Crippen molar-refractivity contribution in [3.63, 3.8) is 0 Å². The lowest BCUT2D eigenvalue weighted by Crippen LogP contribution is -2.40. The van der Waals surface area contributed by atoms with Crippen molar-refractivity contribution < 1.29 is 4.39 Å². The van der Waals surface area contributed by atoms with Crippen LogP contribution in [0.1, 0.15) is 32.6 Å². The maximum absolute atomic E-state index is 13.8. The summed E-state index contributed by atoms with van der Waals surface area (Å²) in [6.07, 6.45) is 4.43. The van der Waals surface area contributed by atoms with Crippen molar-refractivity contribution in [2.75, 3.05) is 5.73 Å². The fourth-order valence-corrected chi connectivity index (χ4v) is 3.36. The van der Waals surface area contributed by atoms with Crippen molar-refractivity contribution in [1.82, 2.24) is 9.55 Å². The van der Waals surface area contributed by atoms with Crippen molar-refractivity contribution in [2.45, 2.75) is 38.1 Å². The lowest BCUT2D eigenvalue weighted by Gasteiger charge is -2.43. The monoisotopic (exact) mass is 359 g/mol. The third kappa shape index (κ3) is 1.56. The van der Waals surface area contributed by atoms with Crippen molar-refractivity contribution in [3.8, 4) is 0 Å². The number of benzene rings is 1. The number of anilines is 1. The van der Waals surface area contributed by atoms with Gasteiger partial charge in [-0.2, -0.15) is 0 Å². The van der Waals surface area contributed by atoms with E-state index in [4.69, 9.17) is 5.73 Å². The summed E-state index contributed by atoms with van der Waals surface area (Å²) in [5.41, 5.74) is 7.72. The first-order chi connectivity index (χ1) is 8.57. The van der Waals surface area contributed by atoms with Gasteiger partial charge in [-0.25, -0.2) is 9.37 Å². The molecule has 2 N–H and O–H groups in total. The normalized spacial score (nSPS) is 17.9. The van der Waals surface area contributed by atoms with Gasteiger partial charge in [-0.05, 0) is 54.3 Å². The van der Waals surface area contributed by atoms with Gasteiger partial charge in [0.15, 0.2) is 0 Å². The Morgan fingerprint density at radius 1 is 1.50 bits per heavy atom. The Bertz CT molecular complexity index is 611. The van der Waals surface area contributed by atoms with Gasteiger partial charge in [0.05, 0.1) is 14.6 Å². The number of rotatable bonds is 2. The summed E-state index contributed by atoms with van der Waals surface area (Å²) in [4.78, 5) is 4.38. The van der Waals surface area contributed by atoms with Crippen molar-refractivity contribution in [1.29, 1.82) is 0 Å². The standard InChI is InChI=1S/C13H15FIN3/c1-2-13(4-3-5-13)18-11-6-8(14)9(15)7-10(11)17-12(18)16/h6-7H,2-5H2,1H3,(H2,16,17). The smallest absolute Gasteiger partial charge is 0.201 e. The number of aromatic nitrogens is 2. The largest absolute Gasteiger partial charge is 0.369 e. The highest BCUT2D eigenvalue weighted by Crippen LogP contribution is 2.45. The number of hydrogen-bond donors (Lipinski definition) is 1. The molecule has 0 spiro atoms. The fraction of sp³-hybridized carbons (Fsp3) is 0.462. The molecule has 18 heavy (non-hydrogen) atoms. The number of nitrogen functional groups attached to an aromatic ring is 1. The number of nitrogens with two attached hydrogens (primary N) is 1. The highest BCUT2D eigenvalue weighted by atomic mass is 127. The zero-order valence-corrected chi connectivity index (χ0v) is 12.4. The van der Waals surface area contributed by atoms with Crippen LogP contribution >= 0.6 is 22.6 Å². The molecule has 3 rings (SSSR count). The first kappa shape index (κ1) is 12.2. The van der Waals surface area contributed by atoms with E-state index in [0.717, 1.165) is 30.3 Å². The lowest BCUT2D eigenvalue weighted by molar-refractivity contribution is 0.144. The Balaban J connectivity index is 2.28. The minimum atomic E-state index is -0.199. The van der Waals surface area contributed by atoms with Gasteiger partial charge in [0.2, 0.25) is 5.95 Å². The highest BCUT2D eigenvalue weighted by molar-refractivity contribution is 14.1. The first-order valence-corrected chi connectivity index (χ1v) is 7.29. The van der Waals surface area contributed by atoms with Crippen LogP contribution in [0.15, 0.2) is 12.1 Å². The molecule has 0 radical (unpaired) electrons. The average molecular weight is 359 g/mol. The molecule has 1 aliphatic rings. The molecule has 1 saturated carbocycles. The fourth-order valence-electron chi connectivity index (χ4n) is 2.91. The van der Waals surface area contributed by atoms with Crippen LogP contribution < -0.4 is 5.73 Å². The lowest BCUT2D eigenvalue weighted by atomic mass is 9.74. The predicted octanol–water partition coefficient (Wildman–Crippen LogP) is 3.65. The van der Waals surface area contributed by atoms with Crippen molar-refractivity contribution >= 4 is 39.6 Å². The Kier molecular flexibility index (Phi) is 2.76. The van der Waals surface area contributed by atoms with E-state index in [1.54, 1.807) is 12.1 Å². The van der Waals surface area contributed by atoms with E-state index in [9.17, 15) is 4.39 Å². The second-order valence-corrected chi connectivity index (χ2v) is 6.15. The summed E-state index contributed by atoms with van der Waals surface area (Å²) in [6.45, 7) is 2.16. The van der Waals surface area contributed by atoms with Gasteiger partial charge < -0.3 is 10.3 Å². The molecule has 0 unspecified atom stereocenters.